The third kappa shape index (κ3) is 6.41. The molecule has 0 aliphatic rings. The molecular weight excluding hydrogens is 453 g/mol. The Morgan fingerprint density at radius 1 is 1.19 bits per heavy atom. The van der Waals surface area contributed by atoms with Gasteiger partial charge in [0, 0.05) is 31.4 Å². The first-order valence-electron chi connectivity index (χ1n) is 9.31. The van der Waals surface area contributed by atoms with Gasteiger partial charge in [-0.3, -0.25) is 4.68 Å². The van der Waals surface area contributed by atoms with Crippen molar-refractivity contribution in [1.82, 2.24) is 20.4 Å². The Kier molecular flexibility index (Phi) is 10.2. The maximum atomic E-state index is 5.28. The molecule has 0 aliphatic heterocycles. The fourth-order valence-corrected chi connectivity index (χ4v) is 3.05. The first kappa shape index (κ1) is 23.3. The number of ether oxygens (including phenoxy) is 1. The van der Waals surface area contributed by atoms with Gasteiger partial charge >= 0.3 is 0 Å². The number of nitrogens with one attached hydrogen (secondary N) is 2. The van der Waals surface area contributed by atoms with Gasteiger partial charge in [0.15, 0.2) is 5.96 Å². The number of nitrogens with zero attached hydrogens (tertiary/aromatic N) is 3. The fraction of sp³-hybridized carbons (Fsp3) is 0.500. The zero-order valence-electron chi connectivity index (χ0n) is 17.0. The van der Waals surface area contributed by atoms with Gasteiger partial charge in [0.25, 0.3) is 0 Å². The van der Waals surface area contributed by atoms with Gasteiger partial charge in [-0.2, -0.15) is 5.10 Å². The number of benzene rings is 1. The highest BCUT2D eigenvalue weighted by Gasteiger charge is 2.13. The van der Waals surface area contributed by atoms with Crippen LogP contribution in [0.4, 0.5) is 0 Å². The highest BCUT2D eigenvalue weighted by atomic mass is 127. The minimum absolute atomic E-state index is 0. The predicted molar refractivity (Wildman–Crippen MR) is 122 cm³/mol. The maximum absolute atomic E-state index is 5.28. The lowest BCUT2D eigenvalue weighted by molar-refractivity contribution is 0.414. The van der Waals surface area contributed by atoms with Gasteiger partial charge in [0.05, 0.1) is 19.3 Å². The van der Waals surface area contributed by atoms with Crippen LogP contribution < -0.4 is 15.4 Å². The smallest absolute Gasteiger partial charge is 0.191 e. The van der Waals surface area contributed by atoms with Crippen LogP contribution >= 0.6 is 24.0 Å². The molecule has 0 bridgehead atoms. The number of aryl methyl sites for hydroxylation is 2. The van der Waals surface area contributed by atoms with Crippen molar-refractivity contribution >= 4 is 29.9 Å². The number of guanidine groups is 1. The van der Waals surface area contributed by atoms with E-state index in [1.807, 2.05) is 29.9 Å². The highest BCUT2D eigenvalue weighted by molar-refractivity contribution is 14.0. The van der Waals surface area contributed by atoms with Crippen LogP contribution in [0, 0.1) is 0 Å². The van der Waals surface area contributed by atoms with E-state index in [9.17, 15) is 0 Å². The van der Waals surface area contributed by atoms with Crippen molar-refractivity contribution in [3.05, 3.63) is 46.8 Å². The largest absolute Gasteiger partial charge is 0.497 e. The Hall–Kier alpha value is -1.77. The zero-order valence-corrected chi connectivity index (χ0v) is 19.3. The van der Waals surface area contributed by atoms with Gasteiger partial charge in [0.1, 0.15) is 5.75 Å². The summed E-state index contributed by atoms with van der Waals surface area (Å²) in [6.45, 7) is 8.53. The third-order valence-corrected chi connectivity index (χ3v) is 4.36. The average Bonchev–Trinajstić information content (AvgIpc) is 2.98. The van der Waals surface area contributed by atoms with Crippen LogP contribution in [0.15, 0.2) is 29.3 Å². The fourth-order valence-electron chi connectivity index (χ4n) is 3.05. The molecule has 0 fully saturated rings. The van der Waals surface area contributed by atoms with Gasteiger partial charge in [-0.15, -0.1) is 24.0 Å². The molecule has 27 heavy (non-hydrogen) atoms. The topological polar surface area (TPSA) is 63.5 Å². The molecule has 0 saturated heterocycles. The van der Waals surface area contributed by atoms with Crippen molar-refractivity contribution < 1.29 is 4.74 Å². The van der Waals surface area contributed by atoms with E-state index in [-0.39, 0.29) is 24.0 Å². The predicted octanol–water partition coefficient (Wildman–Crippen LogP) is 3.43. The molecular formula is C20H32IN5O. The lowest BCUT2D eigenvalue weighted by Gasteiger charge is -2.13. The monoisotopic (exact) mass is 485 g/mol. The lowest BCUT2D eigenvalue weighted by atomic mass is 10.1. The minimum Gasteiger partial charge on any atom is -0.497 e. The van der Waals surface area contributed by atoms with Crippen molar-refractivity contribution in [1.29, 1.82) is 0 Å². The second-order valence-corrected chi connectivity index (χ2v) is 6.10. The van der Waals surface area contributed by atoms with E-state index in [1.165, 1.54) is 11.3 Å². The molecule has 7 heteroatoms. The Morgan fingerprint density at radius 3 is 2.59 bits per heavy atom. The quantitative estimate of drug-likeness (QED) is 0.342. The van der Waals surface area contributed by atoms with Crippen molar-refractivity contribution in [3.63, 3.8) is 0 Å². The van der Waals surface area contributed by atoms with E-state index < -0.39 is 0 Å². The Morgan fingerprint density at radius 2 is 1.96 bits per heavy atom. The maximum Gasteiger partial charge on any atom is 0.191 e. The molecule has 2 aromatic rings. The van der Waals surface area contributed by atoms with E-state index in [0.717, 1.165) is 48.9 Å². The van der Waals surface area contributed by atoms with Crippen LogP contribution in [0.1, 0.15) is 43.3 Å². The van der Waals surface area contributed by atoms with Crippen LogP contribution in [0.3, 0.4) is 0 Å². The molecule has 1 aromatic carbocycles. The molecule has 0 unspecified atom stereocenters. The molecule has 0 radical (unpaired) electrons. The minimum atomic E-state index is 0. The molecule has 0 atom stereocenters. The normalized spacial score (nSPS) is 11.1. The van der Waals surface area contributed by atoms with Crippen LogP contribution in [-0.4, -0.2) is 29.4 Å². The van der Waals surface area contributed by atoms with Crippen molar-refractivity contribution in [2.45, 2.75) is 46.7 Å². The summed E-state index contributed by atoms with van der Waals surface area (Å²) < 4.78 is 7.28. The summed E-state index contributed by atoms with van der Waals surface area (Å²) in [4.78, 5) is 4.70. The van der Waals surface area contributed by atoms with Gasteiger partial charge in [-0.1, -0.05) is 26.0 Å². The molecule has 0 saturated carbocycles. The summed E-state index contributed by atoms with van der Waals surface area (Å²) in [5.41, 5.74) is 4.83. The van der Waals surface area contributed by atoms with E-state index >= 15 is 0 Å². The zero-order chi connectivity index (χ0) is 18.9. The Labute approximate surface area is 179 Å². The highest BCUT2D eigenvalue weighted by Crippen LogP contribution is 2.15. The number of methoxy groups -OCH3 is 1. The van der Waals surface area contributed by atoms with Crippen LogP contribution in [0.2, 0.25) is 0 Å². The summed E-state index contributed by atoms with van der Waals surface area (Å²) in [6.07, 6.45) is 1.90. The molecule has 0 spiro atoms. The molecule has 6 nitrogen and oxygen atoms in total. The summed E-state index contributed by atoms with van der Waals surface area (Å²) in [6, 6.07) is 8.00. The second-order valence-electron chi connectivity index (χ2n) is 6.10. The van der Waals surface area contributed by atoms with Gasteiger partial charge in [-0.25, -0.2) is 4.99 Å². The summed E-state index contributed by atoms with van der Waals surface area (Å²) in [5.74, 6) is 1.66. The van der Waals surface area contributed by atoms with Gasteiger partial charge in [0.2, 0.25) is 0 Å². The van der Waals surface area contributed by atoms with Crippen molar-refractivity contribution in [3.8, 4) is 5.75 Å². The molecule has 0 aliphatic carbocycles. The number of halogens is 1. The van der Waals surface area contributed by atoms with E-state index in [0.29, 0.717) is 6.54 Å². The Bertz CT molecular complexity index is 742. The van der Waals surface area contributed by atoms with Crippen LogP contribution in [0.25, 0.3) is 0 Å². The average molecular weight is 485 g/mol. The number of hydrogen-bond acceptors (Lipinski definition) is 3. The number of aromatic nitrogens is 2. The molecule has 2 rings (SSSR count). The van der Waals surface area contributed by atoms with E-state index in [1.54, 1.807) is 7.11 Å². The number of aliphatic imine (C=N–C) groups is 1. The summed E-state index contributed by atoms with van der Waals surface area (Å²) >= 11 is 0. The summed E-state index contributed by atoms with van der Waals surface area (Å²) in [5, 5.41) is 11.4. The molecule has 150 valence electrons. The van der Waals surface area contributed by atoms with E-state index in [4.69, 9.17) is 9.73 Å². The molecule has 2 N–H and O–H groups in total. The SMILES string of the molecule is CCNC(=NCc1cccc(OC)c1)NCc1c(CC)nn(C)c1CC.I. The van der Waals surface area contributed by atoms with Gasteiger partial charge < -0.3 is 15.4 Å². The molecule has 1 heterocycles. The van der Waals surface area contributed by atoms with Crippen LogP contribution in [0.5, 0.6) is 5.75 Å². The lowest BCUT2D eigenvalue weighted by Crippen LogP contribution is -2.37. The first-order chi connectivity index (χ1) is 12.6. The Balaban J connectivity index is 0.00000364. The second kappa shape index (κ2) is 11.8. The molecule has 0 amide bonds. The van der Waals surface area contributed by atoms with Gasteiger partial charge in [-0.05, 0) is 37.5 Å². The first-order valence-corrected chi connectivity index (χ1v) is 9.31. The summed E-state index contributed by atoms with van der Waals surface area (Å²) in [7, 11) is 3.70. The third-order valence-electron chi connectivity index (χ3n) is 4.36. The van der Waals surface area contributed by atoms with Crippen molar-refractivity contribution in [2.24, 2.45) is 12.0 Å². The van der Waals surface area contributed by atoms with E-state index in [2.05, 4.69) is 42.6 Å². The standard InChI is InChI=1S/C20H31N5O.HI/c1-6-18-17(19(7-2)25(4)24-18)14-23-20(21-8-3)22-13-15-10-9-11-16(12-15)26-5;/h9-12H,6-8,13-14H2,1-5H3,(H2,21,22,23);1H. The van der Waals surface area contributed by atoms with Crippen molar-refractivity contribution in [2.75, 3.05) is 13.7 Å². The number of rotatable bonds is 8. The molecule has 1 aromatic heterocycles. The number of hydrogen-bond donors (Lipinski definition) is 2. The van der Waals surface area contributed by atoms with Crippen LogP contribution in [-0.2, 0) is 33.0 Å².